The van der Waals surface area contributed by atoms with Crippen LogP contribution in [0.25, 0.3) is 17.1 Å². The second kappa shape index (κ2) is 11.0. The van der Waals surface area contributed by atoms with Crippen molar-refractivity contribution < 1.29 is 28.9 Å². The number of rotatable bonds is 11. The molecule has 0 unspecified atom stereocenters. The third kappa shape index (κ3) is 5.59. The number of ether oxygens (including phenoxy) is 3. The molecule has 0 aliphatic heterocycles. The first-order chi connectivity index (χ1) is 16.0. The van der Waals surface area contributed by atoms with Gasteiger partial charge < -0.3 is 24.6 Å². The van der Waals surface area contributed by atoms with Crippen LogP contribution >= 0.6 is 0 Å². The predicted molar refractivity (Wildman–Crippen MR) is 120 cm³/mol. The molecular formula is C23H26N4O6. The maximum atomic E-state index is 12.7. The van der Waals surface area contributed by atoms with Gasteiger partial charge in [0, 0.05) is 30.7 Å². The molecule has 0 saturated heterocycles. The number of carboxylic acids is 1. The molecule has 0 spiro atoms. The van der Waals surface area contributed by atoms with E-state index in [9.17, 15) is 9.59 Å². The molecule has 10 heteroatoms. The summed E-state index contributed by atoms with van der Waals surface area (Å²) < 4.78 is 17.8. The van der Waals surface area contributed by atoms with Crippen LogP contribution in [0.5, 0.6) is 17.2 Å². The molecule has 2 aromatic carbocycles. The Labute approximate surface area is 191 Å². The number of aromatic nitrogens is 3. The molecule has 1 aromatic heterocycles. The van der Waals surface area contributed by atoms with Crippen LogP contribution in [0.4, 0.5) is 0 Å². The molecule has 0 atom stereocenters. The van der Waals surface area contributed by atoms with Gasteiger partial charge in [-0.15, -0.1) is 5.10 Å². The summed E-state index contributed by atoms with van der Waals surface area (Å²) in [5.41, 5.74) is 1.33. The fourth-order valence-electron chi connectivity index (χ4n) is 3.23. The molecule has 0 fully saturated rings. The summed E-state index contributed by atoms with van der Waals surface area (Å²) in [6, 6.07) is 12.8. The van der Waals surface area contributed by atoms with Gasteiger partial charge in [-0.2, -0.15) is 0 Å². The summed E-state index contributed by atoms with van der Waals surface area (Å²) in [5.74, 6) is 0.441. The van der Waals surface area contributed by atoms with Crippen molar-refractivity contribution in [1.82, 2.24) is 20.1 Å². The molecule has 1 heterocycles. The van der Waals surface area contributed by atoms with E-state index in [4.69, 9.17) is 19.3 Å². The third-order valence-corrected chi connectivity index (χ3v) is 4.84. The van der Waals surface area contributed by atoms with E-state index in [2.05, 4.69) is 15.4 Å². The summed E-state index contributed by atoms with van der Waals surface area (Å²) in [6.07, 6.45) is 1.07. The lowest BCUT2D eigenvalue weighted by Crippen LogP contribution is -2.25. The Balaban J connectivity index is 1.97. The van der Waals surface area contributed by atoms with Gasteiger partial charge in [0.1, 0.15) is 0 Å². The number of carboxylic acid groups (broad SMARTS) is 1. The number of carbonyl (C=O) groups is 2. The quantitative estimate of drug-likeness (QED) is 0.424. The highest BCUT2D eigenvalue weighted by Gasteiger charge is 2.21. The smallest absolute Gasteiger partial charge is 0.303 e. The maximum absolute atomic E-state index is 12.7. The second-order valence-corrected chi connectivity index (χ2v) is 7.03. The van der Waals surface area contributed by atoms with Gasteiger partial charge in [-0.1, -0.05) is 30.3 Å². The number of carbonyl (C=O) groups excluding carboxylic acids is 1. The number of nitrogens with one attached hydrogen (secondary N) is 1. The Kier molecular flexibility index (Phi) is 7.85. The average molecular weight is 454 g/mol. The summed E-state index contributed by atoms with van der Waals surface area (Å²) in [5, 5.41) is 15.9. The fourth-order valence-corrected chi connectivity index (χ4v) is 3.23. The minimum Gasteiger partial charge on any atom is -0.493 e. The molecule has 0 bridgehead atoms. The Morgan fingerprint density at radius 2 is 1.67 bits per heavy atom. The molecule has 0 saturated carbocycles. The van der Waals surface area contributed by atoms with Crippen LogP contribution in [-0.2, 0) is 4.79 Å². The van der Waals surface area contributed by atoms with Crippen molar-refractivity contribution >= 4 is 11.9 Å². The first kappa shape index (κ1) is 23.6. The van der Waals surface area contributed by atoms with Crippen molar-refractivity contribution in [1.29, 1.82) is 0 Å². The monoisotopic (exact) mass is 454 g/mol. The minimum atomic E-state index is -0.861. The second-order valence-electron chi connectivity index (χ2n) is 7.03. The van der Waals surface area contributed by atoms with Crippen molar-refractivity contribution in [2.75, 3.05) is 27.9 Å². The molecule has 10 nitrogen and oxygen atoms in total. The van der Waals surface area contributed by atoms with Gasteiger partial charge >= 0.3 is 5.97 Å². The fraction of sp³-hybridized carbons (Fsp3) is 0.304. The van der Waals surface area contributed by atoms with Crippen molar-refractivity contribution in [3.8, 4) is 34.3 Å². The van der Waals surface area contributed by atoms with E-state index in [0.717, 1.165) is 5.56 Å². The normalized spacial score (nSPS) is 10.5. The first-order valence-corrected chi connectivity index (χ1v) is 10.3. The SMILES string of the molecule is COc1cc(-n2nc(C(=O)NCCCCC(=O)O)nc2-c2ccccc2)cc(OC)c1OC. The highest BCUT2D eigenvalue weighted by Crippen LogP contribution is 2.39. The van der Waals surface area contributed by atoms with Crippen LogP contribution < -0.4 is 19.5 Å². The molecule has 174 valence electrons. The number of benzene rings is 2. The Morgan fingerprint density at radius 1 is 1.00 bits per heavy atom. The predicted octanol–water partition coefficient (Wildman–Crippen LogP) is 2.94. The van der Waals surface area contributed by atoms with Gasteiger partial charge in [-0.3, -0.25) is 9.59 Å². The van der Waals surface area contributed by atoms with Gasteiger partial charge in [0.05, 0.1) is 27.0 Å². The number of unbranched alkanes of at least 4 members (excludes halogenated alkanes) is 1. The highest BCUT2D eigenvalue weighted by atomic mass is 16.5. The number of methoxy groups -OCH3 is 3. The van der Waals surface area contributed by atoms with E-state index >= 15 is 0 Å². The van der Waals surface area contributed by atoms with Crippen LogP contribution in [0.15, 0.2) is 42.5 Å². The topological polar surface area (TPSA) is 125 Å². The van der Waals surface area contributed by atoms with E-state index < -0.39 is 11.9 Å². The lowest BCUT2D eigenvalue weighted by atomic mass is 10.2. The van der Waals surface area contributed by atoms with Gasteiger partial charge in [-0.25, -0.2) is 9.67 Å². The Bertz CT molecular complexity index is 1090. The van der Waals surface area contributed by atoms with Crippen molar-refractivity contribution in [2.24, 2.45) is 0 Å². The number of hydrogen-bond donors (Lipinski definition) is 2. The molecular weight excluding hydrogens is 428 g/mol. The maximum Gasteiger partial charge on any atom is 0.303 e. The molecule has 0 radical (unpaired) electrons. The van der Waals surface area contributed by atoms with Crippen molar-refractivity contribution in [2.45, 2.75) is 19.3 Å². The van der Waals surface area contributed by atoms with E-state index in [1.54, 1.807) is 16.8 Å². The van der Waals surface area contributed by atoms with Crippen LogP contribution in [0, 0.1) is 0 Å². The number of amides is 1. The molecule has 3 aromatic rings. The lowest BCUT2D eigenvalue weighted by Gasteiger charge is -2.14. The van der Waals surface area contributed by atoms with Gasteiger partial charge in [0.15, 0.2) is 17.3 Å². The number of nitrogens with zero attached hydrogens (tertiary/aromatic N) is 3. The van der Waals surface area contributed by atoms with Crippen LogP contribution in [0.2, 0.25) is 0 Å². The first-order valence-electron chi connectivity index (χ1n) is 10.3. The zero-order valence-electron chi connectivity index (χ0n) is 18.7. The lowest BCUT2D eigenvalue weighted by molar-refractivity contribution is -0.137. The number of hydrogen-bond acceptors (Lipinski definition) is 7. The largest absolute Gasteiger partial charge is 0.493 e. The molecule has 0 aliphatic carbocycles. The van der Waals surface area contributed by atoms with Crippen LogP contribution in [0.1, 0.15) is 29.9 Å². The highest BCUT2D eigenvalue weighted by molar-refractivity contribution is 5.91. The van der Waals surface area contributed by atoms with Gasteiger partial charge in [-0.05, 0) is 12.8 Å². The summed E-state index contributed by atoms with van der Waals surface area (Å²) in [4.78, 5) is 27.8. The molecule has 1 amide bonds. The van der Waals surface area contributed by atoms with E-state index in [-0.39, 0.29) is 12.2 Å². The zero-order chi connectivity index (χ0) is 23.8. The number of aliphatic carboxylic acids is 1. The molecule has 33 heavy (non-hydrogen) atoms. The minimum absolute atomic E-state index is 0.0131. The van der Waals surface area contributed by atoms with Crippen molar-refractivity contribution in [3.05, 3.63) is 48.3 Å². The van der Waals surface area contributed by atoms with E-state index in [0.29, 0.717) is 48.1 Å². The third-order valence-electron chi connectivity index (χ3n) is 4.84. The van der Waals surface area contributed by atoms with Gasteiger partial charge in [0.25, 0.3) is 5.91 Å². The standard InChI is InChI=1S/C23H26N4O6/c1-31-17-13-16(14-18(32-2)20(17)33-3)27-22(15-9-5-4-6-10-15)25-21(26-27)23(30)24-12-8-7-11-19(28)29/h4-6,9-10,13-14H,7-8,11-12H2,1-3H3,(H,24,30)(H,28,29). The molecule has 0 aliphatic rings. The Morgan fingerprint density at radius 3 is 2.24 bits per heavy atom. The Hall–Kier alpha value is -4.08. The zero-order valence-corrected chi connectivity index (χ0v) is 18.7. The summed E-state index contributed by atoms with van der Waals surface area (Å²) in [7, 11) is 4.55. The summed E-state index contributed by atoms with van der Waals surface area (Å²) >= 11 is 0. The van der Waals surface area contributed by atoms with Crippen LogP contribution in [-0.4, -0.2) is 59.6 Å². The van der Waals surface area contributed by atoms with Gasteiger partial charge in [0.2, 0.25) is 11.6 Å². The van der Waals surface area contributed by atoms with E-state index in [1.807, 2.05) is 30.3 Å². The van der Waals surface area contributed by atoms with Crippen molar-refractivity contribution in [3.63, 3.8) is 0 Å². The van der Waals surface area contributed by atoms with Crippen LogP contribution in [0.3, 0.4) is 0 Å². The molecule has 2 N–H and O–H groups in total. The average Bonchev–Trinajstić information content (AvgIpc) is 3.28. The van der Waals surface area contributed by atoms with E-state index in [1.165, 1.54) is 21.3 Å². The molecule has 3 rings (SSSR count). The summed E-state index contributed by atoms with van der Waals surface area (Å²) in [6.45, 7) is 0.325.